The van der Waals surface area contributed by atoms with Gasteiger partial charge in [0.2, 0.25) is 0 Å². The van der Waals surface area contributed by atoms with E-state index in [1.807, 2.05) is 6.92 Å². The molecule has 88 valence electrons. The smallest absolute Gasteiger partial charge is 0.308 e. The molecule has 15 heavy (non-hydrogen) atoms. The van der Waals surface area contributed by atoms with Crippen LogP contribution < -0.4 is 0 Å². The summed E-state index contributed by atoms with van der Waals surface area (Å²) in [6.45, 7) is 6.13. The average molecular weight is 214 g/mol. The van der Waals surface area contributed by atoms with E-state index in [1.54, 1.807) is 0 Å². The molecular formula is C12H22O3. The van der Waals surface area contributed by atoms with Crippen molar-refractivity contribution in [2.24, 2.45) is 5.92 Å². The molecule has 1 aliphatic heterocycles. The Bertz CT molecular complexity index is 223. The number of ether oxygens (including phenoxy) is 2. The topological polar surface area (TPSA) is 35.5 Å². The van der Waals surface area contributed by atoms with Crippen molar-refractivity contribution in [1.29, 1.82) is 0 Å². The second-order valence-corrected chi connectivity index (χ2v) is 5.05. The SMILES string of the molecule is COC(=O)C(C)CC1CCCC(C)(C)O1. The first-order chi connectivity index (χ1) is 6.94. The van der Waals surface area contributed by atoms with Gasteiger partial charge in [0.05, 0.1) is 24.7 Å². The summed E-state index contributed by atoms with van der Waals surface area (Å²) in [5.74, 6) is -0.198. The van der Waals surface area contributed by atoms with Gasteiger partial charge in [0.1, 0.15) is 0 Å². The van der Waals surface area contributed by atoms with Gasteiger partial charge in [0.15, 0.2) is 0 Å². The van der Waals surface area contributed by atoms with Crippen molar-refractivity contribution in [2.45, 2.75) is 58.2 Å². The number of esters is 1. The third-order valence-corrected chi connectivity index (χ3v) is 3.01. The molecule has 0 N–H and O–H groups in total. The molecule has 0 amide bonds. The van der Waals surface area contributed by atoms with Crippen LogP contribution in [0.3, 0.4) is 0 Å². The maximum atomic E-state index is 11.3. The van der Waals surface area contributed by atoms with Crippen LogP contribution in [0.5, 0.6) is 0 Å². The fourth-order valence-electron chi connectivity index (χ4n) is 2.18. The summed E-state index contributed by atoms with van der Waals surface area (Å²) in [7, 11) is 1.44. The standard InChI is InChI=1S/C12H22O3/c1-9(11(13)14-4)8-10-6-5-7-12(2,3)15-10/h9-10H,5-8H2,1-4H3. The van der Waals surface area contributed by atoms with Gasteiger partial charge < -0.3 is 9.47 Å². The molecule has 0 aliphatic carbocycles. The van der Waals surface area contributed by atoms with Gasteiger partial charge in [0.25, 0.3) is 0 Å². The molecule has 1 saturated heterocycles. The molecule has 0 radical (unpaired) electrons. The number of hydrogen-bond acceptors (Lipinski definition) is 3. The third-order valence-electron chi connectivity index (χ3n) is 3.01. The third kappa shape index (κ3) is 3.82. The largest absolute Gasteiger partial charge is 0.469 e. The van der Waals surface area contributed by atoms with Gasteiger partial charge >= 0.3 is 5.97 Å². The van der Waals surface area contributed by atoms with Gasteiger partial charge in [-0.05, 0) is 39.5 Å². The molecule has 1 heterocycles. The summed E-state index contributed by atoms with van der Waals surface area (Å²) in [4.78, 5) is 11.3. The second kappa shape index (κ2) is 4.97. The summed E-state index contributed by atoms with van der Waals surface area (Å²) < 4.78 is 10.6. The molecule has 3 nitrogen and oxygen atoms in total. The van der Waals surface area contributed by atoms with E-state index in [2.05, 4.69) is 13.8 Å². The Balaban J connectivity index is 2.41. The van der Waals surface area contributed by atoms with Gasteiger partial charge in [-0.2, -0.15) is 0 Å². The fraction of sp³-hybridized carbons (Fsp3) is 0.917. The summed E-state index contributed by atoms with van der Waals surface area (Å²) in [6, 6.07) is 0. The van der Waals surface area contributed by atoms with Gasteiger partial charge in [-0.25, -0.2) is 0 Å². The Kier molecular flexibility index (Phi) is 4.14. The molecule has 0 aromatic heterocycles. The molecule has 2 atom stereocenters. The van der Waals surface area contributed by atoms with Crippen molar-refractivity contribution in [3.8, 4) is 0 Å². The Labute approximate surface area is 92.1 Å². The number of methoxy groups -OCH3 is 1. The lowest BCUT2D eigenvalue weighted by Gasteiger charge is -2.36. The fourth-order valence-corrected chi connectivity index (χ4v) is 2.18. The zero-order valence-electron chi connectivity index (χ0n) is 10.2. The molecule has 0 spiro atoms. The molecule has 3 heteroatoms. The highest BCUT2D eigenvalue weighted by molar-refractivity contribution is 5.71. The molecule has 0 saturated carbocycles. The van der Waals surface area contributed by atoms with Crippen LogP contribution in [0.4, 0.5) is 0 Å². The van der Waals surface area contributed by atoms with Gasteiger partial charge in [-0.15, -0.1) is 0 Å². The average Bonchev–Trinajstić information content (AvgIpc) is 2.14. The van der Waals surface area contributed by atoms with Crippen molar-refractivity contribution in [3.63, 3.8) is 0 Å². The quantitative estimate of drug-likeness (QED) is 0.677. The molecule has 2 unspecified atom stereocenters. The summed E-state index contributed by atoms with van der Waals surface area (Å²) >= 11 is 0. The summed E-state index contributed by atoms with van der Waals surface area (Å²) in [5, 5.41) is 0. The lowest BCUT2D eigenvalue weighted by molar-refractivity contribution is -0.150. The maximum absolute atomic E-state index is 11.3. The minimum absolute atomic E-state index is 0.0290. The monoisotopic (exact) mass is 214 g/mol. The predicted octanol–water partition coefficient (Wildman–Crippen LogP) is 2.53. The van der Waals surface area contributed by atoms with E-state index in [9.17, 15) is 4.79 Å². The zero-order chi connectivity index (χ0) is 11.5. The second-order valence-electron chi connectivity index (χ2n) is 5.05. The van der Waals surface area contributed by atoms with E-state index in [-0.39, 0.29) is 23.6 Å². The Morgan fingerprint density at radius 2 is 2.27 bits per heavy atom. The van der Waals surface area contributed by atoms with Crippen molar-refractivity contribution in [3.05, 3.63) is 0 Å². The Hall–Kier alpha value is -0.570. The molecular weight excluding hydrogens is 192 g/mol. The van der Waals surface area contributed by atoms with Crippen molar-refractivity contribution >= 4 is 5.97 Å². The van der Waals surface area contributed by atoms with Gasteiger partial charge in [0, 0.05) is 0 Å². The lowest BCUT2D eigenvalue weighted by Crippen LogP contribution is -2.36. The van der Waals surface area contributed by atoms with Gasteiger partial charge in [-0.3, -0.25) is 4.79 Å². The minimum Gasteiger partial charge on any atom is -0.469 e. The van der Waals surface area contributed by atoms with E-state index >= 15 is 0 Å². The van der Waals surface area contributed by atoms with Gasteiger partial charge in [-0.1, -0.05) is 6.92 Å². The number of hydrogen-bond donors (Lipinski definition) is 0. The molecule has 1 aliphatic rings. The first-order valence-electron chi connectivity index (χ1n) is 5.70. The molecule has 0 aromatic carbocycles. The number of carbonyl (C=O) groups excluding carboxylic acids is 1. The van der Waals surface area contributed by atoms with E-state index in [1.165, 1.54) is 13.5 Å². The van der Waals surface area contributed by atoms with Crippen molar-refractivity contribution < 1.29 is 14.3 Å². The van der Waals surface area contributed by atoms with Crippen LogP contribution in [0, 0.1) is 5.92 Å². The summed E-state index contributed by atoms with van der Waals surface area (Å²) in [6.07, 6.45) is 4.34. The Morgan fingerprint density at radius 1 is 1.60 bits per heavy atom. The molecule has 1 rings (SSSR count). The predicted molar refractivity (Wildman–Crippen MR) is 58.6 cm³/mol. The number of carbonyl (C=O) groups is 1. The van der Waals surface area contributed by atoms with Crippen LogP contribution in [-0.4, -0.2) is 24.8 Å². The minimum atomic E-state index is -0.137. The van der Waals surface area contributed by atoms with Crippen LogP contribution in [0.2, 0.25) is 0 Å². The molecule has 0 aromatic rings. The first-order valence-corrected chi connectivity index (χ1v) is 5.70. The lowest BCUT2D eigenvalue weighted by atomic mass is 9.91. The van der Waals surface area contributed by atoms with Crippen LogP contribution in [0.15, 0.2) is 0 Å². The highest BCUT2D eigenvalue weighted by Gasteiger charge is 2.30. The highest BCUT2D eigenvalue weighted by Crippen LogP contribution is 2.30. The molecule has 0 bridgehead atoms. The van der Waals surface area contributed by atoms with Crippen LogP contribution in [0.1, 0.15) is 46.5 Å². The van der Waals surface area contributed by atoms with E-state index in [4.69, 9.17) is 9.47 Å². The zero-order valence-corrected chi connectivity index (χ0v) is 10.2. The summed E-state index contributed by atoms with van der Waals surface area (Å²) in [5.41, 5.74) is -0.0290. The first kappa shape index (κ1) is 12.5. The van der Waals surface area contributed by atoms with E-state index in [0.717, 1.165) is 19.3 Å². The van der Waals surface area contributed by atoms with Crippen LogP contribution in [0.25, 0.3) is 0 Å². The van der Waals surface area contributed by atoms with E-state index < -0.39 is 0 Å². The Morgan fingerprint density at radius 3 is 2.80 bits per heavy atom. The number of rotatable bonds is 3. The normalized spacial score (nSPS) is 27.1. The van der Waals surface area contributed by atoms with Crippen molar-refractivity contribution in [1.82, 2.24) is 0 Å². The maximum Gasteiger partial charge on any atom is 0.308 e. The van der Waals surface area contributed by atoms with Crippen molar-refractivity contribution in [2.75, 3.05) is 7.11 Å². The van der Waals surface area contributed by atoms with E-state index in [0.29, 0.717) is 0 Å². The van der Waals surface area contributed by atoms with Crippen LogP contribution >= 0.6 is 0 Å². The molecule has 1 fully saturated rings. The highest BCUT2D eigenvalue weighted by atomic mass is 16.5. The van der Waals surface area contributed by atoms with Crippen LogP contribution in [-0.2, 0) is 14.3 Å².